The van der Waals surface area contributed by atoms with Gasteiger partial charge in [-0.25, -0.2) is 4.98 Å². The van der Waals surface area contributed by atoms with Crippen LogP contribution < -0.4 is 14.8 Å². The van der Waals surface area contributed by atoms with Crippen molar-refractivity contribution >= 4 is 11.6 Å². The van der Waals surface area contributed by atoms with Gasteiger partial charge in [0.25, 0.3) is 5.91 Å². The Morgan fingerprint density at radius 1 is 1.22 bits per heavy atom. The lowest BCUT2D eigenvalue weighted by Crippen LogP contribution is -2.43. The van der Waals surface area contributed by atoms with Gasteiger partial charge in [-0.2, -0.15) is 8.78 Å². The van der Waals surface area contributed by atoms with Gasteiger partial charge < -0.3 is 19.5 Å². The highest BCUT2D eigenvalue weighted by atomic mass is 19.3. The topological polar surface area (TPSA) is 77.3 Å². The van der Waals surface area contributed by atoms with Gasteiger partial charge >= 0.3 is 6.61 Å². The van der Waals surface area contributed by atoms with Gasteiger partial charge in [0.15, 0.2) is 0 Å². The maximum atomic E-state index is 13.3. The molecule has 2 fully saturated rings. The standard InChI is InChI=1S/C27H32F2N4O4/c1-27(2,16-32-8-10-36-11-9-32)18-6-7-33-20(15-30-23(33)14-18)17-12-21(35-3)24(22(13-17)37-26(28)29)25(34)31-19-4-5-19/h6-7,12-15,19,26H,4-5,8-11,16H2,1-3H3,(H,31,34). The number of aromatic nitrogens is 2. The molecule has 1 aliphatic heterocycles. The van der Waals surface area contributed by atoms with E-state index in [0.29, 0.717) is 11.3 Å². The molecule has 37 heavy (non-hydrogen) atoms. The Morgan fingerprint density at radius 3 is 2.62 bits per heavy atom. The number of amides is 1. The monoisotopic (exact) mass is 514 g/mol. The van der Waals surface area contributed by atoms with Gasteiger partial charge in [-0.1, -0.05) is 13.8 Å². The Balaban J connectivity index is 1.49. The largest absolute Gasteiger partial charge is 0.496 e. The molecule has 0 unspecified atom stereocenters. The maximum absolute atomic E-state index is 13.3. The molecule has 0 atom stereocenters. The quantitative estimate of drug-likeness (QED) is 0.463. The van der Waals surface area contributed by atoms with Crippen LogP contribution in [0.25, 0.3) is 16.9 Å². The predicted octanol–water partition coefficient (Wildman–Crippen LogP) is 4.11. The number of alkyl halides is 2. The van der Waals surface area contributed by atoms with E-state index in [1.807, 2.05) is 10.6 Å². The van der Waals surface area contributed by atoms with E-state index in [-0.39, 0.29) is 28.5 Å². The summed E-state index contributed by atoms with van der Waals surface area (Å²) in [5.74, 6) is -0.572. The van der Waals surface area contributed by atoms with Crippen LogP contribution in [0.2, 0.25) is 0 Å². The van der Waals surface area contributed by atoms with Crippen molar-refractivity contribution in [3.8, 4) is 22.8 Å². The summed E-state index contributed by atoms with van der Waals surface area (Å²) in [5, 5.41) is 2.82. The summed E-state index contributed by atoms with van der Waals surface area (Å²) in [6.07, 6.45) is 5.34. The van der Waals surface area contributed by atoms with Crippen molar-refractivity contribution in [1.29, 1.82) is 0 Å². The smallest absolute Gasteiger partial charge is 0.387 e. The summed E-state index contributed by atoms with van der Waals surface area (Å²) in [6.45, 7) is 5.56. The Kier molecular flexibility index (Phi) is 7.04. The fraction of sp³-hybridized carbons (Fsp3) is 0.481. The van der Waals surface area contributed by atoms with Gasteiger partial charge in [0.1, 0.15) is 22.7 Å². The molecule has 5 rings (SSSR count). The molecule has 3 aromatic rings. The third-order valence-electron chi connectivity index (χ3n) is 6.95. The highest BCUT2D eigenvalue weighted by Gasteiger charge is 2.30. The summed E-state index contributed by atoms with van der Waals surface area (Å²) in [5.41, 5.74) is 2.94. The Morgan fingerprint density at radius 2 is 1.95 bits per heavy atom. The number of rotatable bonds is 9. The zero-order valence-corrected chi connectivity index (χ0v) is 21.3. The molecule has 2 aromatic heterocycles. The summed E-state index contributed by atoms with van der Waals surface area (Å²) < 4.78 is 44.2. The molecule has 1 saturated heterocycles. The van der Waals surface area contributed by atoms with Crippen LogP contribution in [0.15, 0.2) is 36.7 Å². The van der Waals surface area contributed by atoms with Crippen LogP contribution in [0.4, 0.5) is 8.78 Å². The second kappa shape index (κ2) is 10.3. The SMILES string of the molecule is COc1cc(-c2cnc3cc(C(C)(C)CN4CCOCC4)ccn23)cc(OC(F)F)c1C(=O)NC1CC1. The number of pyridine rings is 1. The fourth-order valence-corrected chi connectivity index (χ4v) is 4.82. The van der Waals surface area contributed by atoms with Gasteiger partial charge in [0.2, 0.25) is 0 Å². The first-order valence-electron chi connectivity index (χ1n) is 12.5. The number of ether oxygens (including phenoxy) is 3. The van der Waals surface area contributed by atoms with Crippen LogP contribution in [0.5, 0.6) is 11.5 Å². The molecule has 1 aromatic carbocycles. The number of morpholine rings is 1. The minimum absolute atomic E-state index is 0.0422. The lowest BCUT2D eigenvalue weighted by molar-refractivity contribution is -0.0502. The van der Waals surface area contributed by atoms with E-state index >= 15 is 0 Å². The number of carbonyl (C=O) groups excluding carboxylic acids is 1. The number of carbonyl (C=O) groups is 1. The molecular weight excluding hydrogens is 482 g/mol. The number of hydrogen-bond acceptors (Lipinski definition) is 6. The van der Waals surface area contributed by atoms with Crippen molar-refractivity contribution in [2.75, 3.05) is 40.0 Å². The van der Waals surface area contributed by atoms with E-state index in [1.165, 1.54) is 13.2 Å². The van der Waals surface area contributed by atoms with Crippen LogP contribution in [0.1, 0.15) is 42.6 Å². The maximum Gasteiger partial charge on any atom is 0.387 e. The van der Waals surface area contributed by atoms with Gasteiger partial charge in [0.05, 0.1) is 32.2 Å². The molecule has 0 spiro atoms. The third kappa shape index (κ3) is 5.55. The van der Waals surface area contributed by atoms with Crippen molar-refractivity contribution in [1.82, 2.24) is 19.6 Å². The van der Waals surface area contributed by atoms with Crippen LogP contribution in [0, 0.1) is 0 Å². The normalized spacial score (nSPS) is 16.8. The molecule has 1 N–H and O–H groups in total. The summed E-state index contributed by atoms with van der Waals surface area (Å²) in [7, 11) is 1.40. The molecule has 10 heteroatoms. The van der Waals surface area contributed by atoms with E-state index in [0.717, 1.165) is 56.9 Å². The van der Waals surface area contributed by atoms with Crippen LogP contribution in [0.3, 0.4) is 0 Å². The fourth-order valence-electron chi connectivity index (χ4n) is 4.82. The summed E-state index contributed by atoms with van der Waals surface area (Å²) >= 11 is 0. The van der Waals surface area contributed by atoms with Gasteiger partial charge in [-0.05, 0) is 42.7 Å². The van der Waals surface area contributed by atoms with E-state index in [4.69, 9.17) is 14.2 Å². The molecule has 0 radical (unpaired) electrons. The lowest BCUT2D eigenvalue weighted by Gasteiger charge is -2.35. The van der Waals surface area contributed by atoms with E-state index in [2.05, 4.69) is 41.2 Å². The number of imidazole rings is 1. The minimum Gasteiger partial charge on any atom is -0.496 e. The Hall–Kier alpha value is -3.24. The number of nitrogens with zero attached hydrogens (tertiary/aromatic N) is 3. The molecule has 1 amide bonds. The zero-order chi connectivity index (χ0) is 26.2. The zero-order valence-electron chi connectivity index (χ0n) is 21.3. The van der Waals surface area contributed by atoms with Gasteiger partial charge in [-0.15, -0.1) is 0 Å². The Labute approximate surface area is 214 Å². The van der Waals surface area contributed by atoms with E-state index < -0.39 is 12.5 Å². The average Bonchev–Trinajstić information content (AvgIpc) is 3.57. The van der Waals surface area contributed by atoms with Crippen LogP contribution in [-0.2, 0) is 10.2 Å². The number of hydrogen-bond donors (Lipinski definition) is 1. The summed E-state index contributed by atoms with van der Waals surface area (Å²) in [4.78, 5) is 19.8. The summed E-state index contributed by atoms with van der Waals surface area (Å²) in [6, 6.07) is 7.26. The molecule has 1 saturated carbocycles. The lowest BCUT2D eigenvalue weighted by atomic mass is 9.84. The molecule has 2 aliphatic rings. The first kappa shape index (κ1) is 25.4. The van der Waals surface area contributed by atoms with Crippen LogP contribution >= 0.6 is 0 Å². The highest BCUT2D eigenvalue weighted by Crippen LogP contribution is 2.37. The molecular formula is C27H32F2N4O4. The average molecular weight is 515 g/mol. The number of fused-ring (bicyclic) bond motifs is 1. The van der Waals surface area contributed by atoms with Crippen molar-refractivity contribution in [2.45, 2.75) is 44.8 Å². The third-order valence-corrected chi connectivity index (χ3v) is 6.95. The predicted molar refractivity (Wildman–Crippen MR) is 135 cm³/mol. The number of halogens is 2. The second-order valence-corrected chi connectivity index (χ2v) is 10.2. The highest BCUT2D eigenvalue weighted by molar-refractivity contribution is 6.01. The number of nitrogens with one attached hydrogen (secondary N) is 1. The van der Waals surface area contributed by atoms with E-state index in [1.54, 1.807) is 12.3 Å². The number of methoxy groups -OCH3 is 1. The number of benzene rings is 1. The van der Waals surface area contributed by atoms with Crippen molar-refractivity contribution < 1.29 is 27.8 Å². The molecule has 1 aliphatic carbocycles. The molecule has 8 nitrogen and oxygen atoms in total. The van der Waals surface area contributed by atoms with Crippen molar-refractivity contribution in [2.24, 2.45) is 0 Å². The van der Waals surface area contributed by atoms with E-state index in [9.17, 15) is 13.6 Å². The Bertz CT molecular complexity index is 1280. The van der Waals surface area contributed by atoms with Crippen molar-refractivity contribution in [3.05, 3.63) is 47.8 Å². The van der Waals surface area contributed by atoms with Gasteiger partial charge in [0, 0.05) is 42.9 Å². The first-order valence-corrected chi connectivity index (χ1v) is 12.5. The van der Waals surface area contributed by atoms with Crippen molar-refractivity contribution in [3.63, 3.8) is 0 Å². The molecule has 0 bridgehead atoms. The minimum atomic E-state index is -3.09. The first-order chi connectivity index (χ1) is 17.7. The molecule has 3 heterocycles. The van der Waals surface area contributed by atoms with Gasteiger partial charge in [-0.3, -0.25) is 14.1 Å². The molecule has 198 valence electrons. The second-order valence-electron chi connectivity index (χ2n) is 10.2. The van der Waals surface area contributed by atoms with Crippen LogP contribution in [-0.4, -0.2) is 72.8 Å².